The normalized spacial score (nSPS) is 19.0. The van der Waals surface area contributed by atoms with Crippen LogP contribution >= 0.6 is 11.6 Å². The number of aromatic nitrogens is 2. The third kappa shape index (κ3) is 3.41. The Kier molecular flexibility index (Phi) is 4.68. The quantitative estimate of drug-likeness (QED) is 0.935. The van der Waals surface area contributed by atoms with Gasteiger partial charge in [-0.25, -0.2) is 4.68 Å². The van der Waals surface area contributed by atoms with Gasteiger partial charge in [0.1, 0.15) is 5.15 Å². The van der Waals surface area contributed by atoms with Gasteiger partial charge in [0.25, 0.3) is 0 Å². The average molecular weight is 333 g/mol. The number of nitrogens with two attached hydrogens (primary N) is 1. The van der Waals surface area contributed by atoms with Crippen LogP contribution in [-0.2, 0) is 11.3 Å². The summed E-state index contributed by atoms with van der Waals surface area (Å²) >= 11 is 6.56. The molecule has 1 aliphatic rings. The molecule has 0 saturated carbocycles. The van der Waals surface area contributed by atoms with Crippen molar-refractivity contribution in [1.29, 1.82) is 0 Å². The molecule has 0 unspecified atom stereocenters. The Morgan fingerprint density at radius 1 is 1.39 bits per heavy atom. The smallest absolute Gasteiger partial charge is 0.221 e. The zero-order chi connectivity index (χ0) is 16.4. The van der Waals surface area contributed by atoms with E-state index in [0.29, 0.717) is 18.2 Å². The van der Waals surface area contributed by atoms with Crippen LogP contribution in [0.3, 0.4) is 0 Å². The molecule has 2 aromatic rings. The maximum atomic E-state index is 11.4. The number of likely N-dealkylation sites (tertiary alicyclic amines) is 1. The third-order valence-electron chi connectivity index (χ3n) is 4.41. The molecule has 1 amide bonds. The predicted molar refractivity (Wildman–Crippen MR) is 90.5 cm³/mol. The van der Waals surface area contributed by atoms with Crippen molar-refractivity contribution in [2.45, 2.75) is 26.3 Å². The van der Waals surface area contributed by atoms with Crippen molar-refractivity contribution in [1.82, 2.24) is 14.7 Å². The zero-order valence-corrected chi connectivity index (χ0v) is 14.0. The minimum Gasteiger partial charge on any atom is -0.369 e. The fourth-order valence-corrected chi connectivity index (χ4v) is 3.44. The number of rotatable bonds is 4. The van der Waals surface area contributed by atoms with Crippen LogP contribution in [0.2, 0.25) is 5.15 Å². The molecule has 3 rings (SSSR count). The van der Waals surface area contributed by atoms with Gasteiger partial charge in [0, 0.05) is 18.7 Å². The molecule has 1 atom stereocenters. The lowest BCUT2D eigenvalue weighted by Crippen LogP contribution is -2.40. The Hall–Kier alpha value is -1.85. The lowest BCUT2D eigenvalue weighted by atomic mass is 9.97. The number of hydrogen-bond acceptors (Lipinski definition) is 3. The van der Waals surface area contributed by atoms with E-state index in [1.165, 1.54) is 0 Å². The van der Waals surface area contributed by atoms with Crippen LogP contribution in [0.5, 0.6) is 0 Å². The van der Waals surface area contributed by atoms with E-state index in [2.05, 4.69) is 10.00 Å². The number of benzene rings is 1. The van der Waals surface area contributed by atoms with E-state index in [4.69, 9.17) is 17.3 Å². The van der Waals surface area contributed by atoms with Gasteiger partial charge in [-0.2, -0.15) is 5.10 Å². The number of piperidine rings is 1. The van der Waals surface area contributed by atoms with Crippen molar-refractivity contribution >= 4 is 17.5 Å². The van der Waals surface area contributed by atoms with Crippen molar-refractivity contribution in [3.8, 4) is 5.69 Å². The van der Waals surface area contributed by atoms with Crippen LogP contribution in [0.4, 0.5) is 0 Å². The second-order valence-electron chi connectivity index (χ2n) is 6.08. The number of para-hydroxylation sites is 1. The first-order valence-corrected chi connectivity index (χ1v) is 8.25. The molecule has 122 valence electrons. The largest absolute Gasteiger partial charge is 0.369 e. The number of amides is 1. The van der Waals surface area contributed by atoms with E-state index < -0.39 is 0 Å². The summed E-state index contributed by atoms with van der Waals surface area (Å²) in [6, 6.07) is 9.85. The Labute approximate surface area is 141 Å². The van der Waals surface area contributed by atoms with Crippen LogP contribution in [-0.4, -0.2) is 33.7 Å². The van der Waals surface area contributed by atoms with E-state index in [0.717, 1.165) is 36.3 Å². The van der Waals surface area contributed by atoms with Crippen LogP contribution < -0.4 is 5.73 Å². The summed E-state index contributed by atoms with van der Waals surface area (Å²) in [7, 11) is 0. The van der Waals surface area contributed by atoms with Crippen molar-refractivity contribution in [2.24, 2.45) is 11.7 Å². The molecule has 1 aromatic carbocycles. The lowest BCUT2D eigenvalue weighted by Gasteiger charge is -2.31. The summed E-state index contributed by atoms with van der Waals surface area (Å²) in [4.78, 5) is 13.7. The van der Waals surface area contributed by atoms with Crippen LogP contribution in [0.15, 0.2) is 30.3 Å². The van der Waals surface area contributed by atoms with Crippen LogP contribution in [0, 0.1) is 12.8 Å². The molecule has 1 aromatic heterocycles. The summed E-state index contributed by atoms with van der Waals surface area (Å²) in [6.45, 7) is 4.31. The SMILES string of the molecule is Cc1nn(-c2ccccc2)c(Cl)c1CN1CCC[C@@H](C(N)=O)C1. The lowest BCUT2D eigenvalue weighted by molar-refractivity contribution is -0.123. The maximum Gasteiger partial charge on any atom is 0.221 e. The molecule has 1 fully saturated rings. The fourth-order valence-electron chi connectivity index (χ4n) is 3.11. The second kappa shape index (κ2) is 6.72. The van der Waals surface area contributed by atoms with Gasteiger partial charge in [0.2, 0.25) is 5.91 Å². The molecule has 0 bridgehead atoms. The summed E-state index contributed by atoms with van der Waals surface area (Å²) in [6.07, 6.45) is 1.86. The fraction of sp³-hybridized carbons (Fsp3) is 0.412. The van der Waals surface area contributed by atoms with Gasteiger partial charge in [-0.05, 0) is 38.4 Å². The van der Waals surface area contributed by atoms with E-state index in [1.54, 1.807) is 4.68 Å². The van der Waals surface area contributed by atoms with Crippen LogP contribution in [0.1, 0.15) is 24.1 Å². The first-order valence-electron chi connectivity index (χ1n) is 7.87. The highest BCUT2D eigenvalue weighted by molar-refractivity contribution is 6.30. The molecule has 1 aliphatic heterocycles. The zero-order valence-electron chi connectivity index (χ0n) is 13.2. The maximum absolute atomic E-state index is 11.4. The minimum absolute atomic E-state index is 0.0630. The molecular formula is C17H21ClN4O. The average Bonchev–Trinajstić information content (AvgIpc) is 2.84. The molecule has 1 saturated heterocycles. The number of primary amides is 1. The molecule has 0 spiro atoms. The van der Waals surface area contributed by atoms with Gasteiger partial charge < -0.3 is 5.73 Å². The second-order valence-corrected chi connectivity index (χ2v) is 6.44. The molecule has 0 aliphatic carbocycles. The standard InChI is InChI=1S/C17H21ClN4O/c1-12-15(11-21-9-5-6-13(10-21)17(19)23)16(18)22(20-12)14-7-3-2-4-8-14/h2-4,7-8,13H,5-6,9-11H2,1H3,(H2,19,23)/t13-/m1/s1. The van der Waals surface area contributed by atoms with Crippen LogP contribution in [0.25, 0.3) is 5.69 Å². The van der Waals surface area contributed by atoms with Crippen molar-refractivity contribution in [3.05, 3.63) is 46.7 Å². The number of nitrogens with zero attached hydrogens (tertiary/aromatic N) is 3. The molecule has 0 radical (unpaired) electrons. The summed E-state index contributed by atoms with van der Waals surface area (Å²) in [5.74, 6) is -0.274. The summed E-state index contributed by atoms with van der Waals surface area (Å²) < 4.78 is 1.77. The van der Waals surface area contributed by atoms with E-state index in [1.807, 2.05) is 37.3 Å². The van der Waals surface area contributed by atoms with Gasteiger partial charge >= 0.3 is 0 Å². The molecule has 2 N–H and O–H groups in total. The third-order valence-corrected chi connectivity index (χ3v) is 4.80. The van der Waals surface area contributed by atoms with Gasteiger partial charge in [0.15, 0.2) is 0 Å². The summed E-state index contributed by atoms with van der Waals surface area (Å²) in [5, 5.41) is 5.20. The van der Waals surface area contributed by atoms with E-state index in [-0.39, 0.29) is 11.8 Å². The van der Waals surface area contributed by atoms with Gasteiger partial charge in [-0.15, -0.1) is 0 Å². The van der Waals surface area contributed by atoms with Crippen molar-refractivity contribution in [2.75, 3.05) is 13.1 Å². The molecule has 5 nitrogen and oxygen atoms in total. The monoisotopic (exact) mass is 332 g/mol. The van der Waals surface area contributed by atoms with E-state index in [9.17, 15) is 4.79 Å². The van der Waals surface area contributed by atoms with Gasteiger partial charge in [0.05, 0.1) is 17.3 Å². The highest BCUT2D eigenvalue weighted by atomic mass is 35.5. The minimum atomic E-state index is -0.211. The topological polar surface area (TPSA) is 64.2 Å². The predicted octanol–water partition coefficient (Wildman–Crippen LogP) is 2.53. The van der Waals surface area contributed by atoms with Crippen molar-refractivity contribution in [3.63, 3.8) is 0 Å². The Morgan fingerprint density at radius 3 is 2.83 bits per heavy atom. The number of hydrogen-bond donors (Lipinski definition) is 1. The number of aryl methyl sites for hydroxylation is 1. The van der Waals surface area contributed by atoms with Gasteiger partial charge in [-0.3, -0.25) is 9.69 Å². The van der Waals surface area contributed by atoms with Crippen molar-refractivity contribution < 1.29 is 4.79 Å². The number of halogens is 1. The molecule has 23 heavy (non-hydrogen) atoms. The Balaban J connectivity index is 1.81. The first-order chi connectivity index (χ1) is 11.1. The summed E-state index contributed by atoms with van der Waals surface area (Å²) in [5.41, 5.74) is 8.33. The first kappa shape index (κ1) is 16.0. The number of carbonyl (C=O) groups is 1. The molecule has 2 heterocycles. The molecule has 6 heteroatoms. The number of carbonyl (C=O) groups excluding carboxylic acids is 1. The molecular weight excluding hydrogens is 312 g/mol. The van der Waals surface area contributed by atoms with E-state index >= 15 is 0 Å². The Bertz CT molecular complexity index is 698. The Morgan fingerprint density at radius 2 is 2.13 bits per heavy atom. The highest BCUT2D eigenvalue weighted by Crippen LogP contribution is 2.26. The van der Waals surface area contributed by atoms with Gasteiger partial charge in [-0.1, -0.05) is 29.8 Å². The highest BCUT2D eigenvalue weighted by Gasteiger charge is 2.26.